The molecule has 0 saturated heterocycles. The van der Waals surface area contributed by atoms with E-state index in [-0.39, 0.29) is 23.0 Å². The minimum Gasteiger partial charge on any atom is -0.508 e. The lowest BCUT2D eigenvalue weighted by molar-refractivity contribution is -0.140. The fourth-order valence-corrected chi connectivity index (χ4v) is 1.46. The zero-order valence-electron chi connectivity index (χ0n) is 10.0. The van der Waals surface area contributed by atoms with Gasteiger partial charge < -0.3 is 20.6 Å². The number of hydrogen-bond donors (Lipinski definition) is 4. The molecule has 0 aromatic heterocycles. The SMILES string of the molecule is CC(C)[C@H](NC(=O)c1cc(O)cc(O)c1)C(=O)O. The highest BCUT2D eigenvalue weighted by Crippen LogP contribution is 2.20. The quantitative estimate of drug-likeness (QED) is 0.638. The number of benzene rings is 1. The van der Waals surface area contributed by atoms with Crippen molar-refractivity contribution in [2.45, 2.75) is 19.9 Å². The molecule has 0 bridgehead atoms. The van der Waals surface area contributed by atoms with Crippen LogP contribution in [0.25, 0.3) is 0 Å². The Hall–Kier alpha value is -2.24. The monoisotopic (exact) mass is 253 g/mol. The van der Waals surface area contributed by atoms with Crippen LogP contribution in [0.2, 0.25) is 0 Å². The summed E-state index contributed by atoms with van der Waals surface area (Å²) in [6.45, 7) is 3.33. The van der Waals surface area contributed by atoms with Crippen molar-refractivity contribution in [2.75, 3.05) is 0 Å². The lowest BCUT2D eigenvalue weighted by Gasteiger charge is -2.17. The Bertz CT molecular complexity index is 449. The van der Waals surface area contributed by atoms with Gasteiger partial charge in [0.05, 0.1) is 0 Å². The van der Waals surface area contributed by atoms with E-state index in [0.717, 1.165) is 18.2 Å². The van der Waals surface area contributed by atoms with Gasteiger partial charge >= 0.3 is 5.97 Å². The zero-order chi connectivity index (χ0) is 13.9. The second-order valence-electron chi connectivity index (χ2n) is 4.27. The molecular weight excluding hydrogens is 238 g/mol. The number of carbonyl (C=O) groups excluding carboxylic acids is 1. The first kappa shape index (κ1) is 13.8. The second-order valence-corrected chi connectivity index (χ2v) is 4.27. The smallest absolute Gasteiger partial charge is 0.326 e. The van der Waals surface area contributed by atoms with Crippen LogP contribution < -0.4 is 5.32 Å². The van der Waals surface area contributed by atoms with E-state index >= 15 is 0 Å². The maximum absolute atomic E-state index is 11.8. The normalized spacial score (nSPS) is 12.2. The molecule has 18 heavy (non-hydrogen) atoms. The molecule has 0 aliphatic carbocycles. The summed E-state index contributed by atoms with van der Waals surface area (Å²) in [4.78, 5) is 22.7. The average Bonchev–Trinajstić information content (AvgIpc) is 2.23. The topological polar surface area (TPSA) is 107 Å². The molecule has 1 aromatic rings. The second kappa shape index (κ2) is 5.39. The van der Waals surface area contributed by atoms with Gasteiger partial charge in [0.1, 0.15) is 17.5 Å². The van der Waals surface area contributed by atoms with Crippen LogP contribution in [0.1, 0.15) is 24.2 Å². The molecule has 1 rings (SSSR count). The van der Waals surface area contributed by atoms with Gasteiger partial charge in [0.2, 0.25) is 0 Å². The number of carbonyl (C=O) groups is 2. The third kappa shape index (κ3) is 3.38. The Balaban J connectivity index is 2.90. The van der Waals surface area contributed by atoms with Gasteiger partial charge in [-0.25, -0.2) is 4.79 Å². The number of nitrogens with one attached hydrogen (secondary N) is 1. The lowest BCUT2D eigenvalue weighted by atomic mass is 10.0. The van der Waals surface area contributed by atoms with Crippen LogP contribution in [0.5, 0.6) is 11.5 Å². The number of aliphatic carboxylic acids is 1. The molecule has 1 atom stereocenters. The van der Waals surface area contributed by atoms with E-state index in [0.29, 0.717) is 0 Å². The zero-order valence-corrected chi connectivity index (χ0v) is 10.0. The summed E-state index contributed by atoms with van der Waals surface area (Å²) in [5.74, 6) is -2.62. The predicted molar refractivity (Wildman–Crippen MR) is 63.5 cm³/mol. The summed E-state index contributed by atoms with van der Waals surface area (Å²) in [6.07, 6.45) is 0. The highest BCUT2D eigenvalue weighted by atomic mass is 16.4. The summed E-state index contributed by atoms with van der Waals surface area (Å²) in [5, 5.41) is 29.7. The van der Waals surface area contributed by atoms with Crippen LogP contribution in [0, 0.1) is 5.92 Å². The number of carboxylic acids is 1. The van der Waals surface area contributed by atoms with Crippen molar-refractivity contribution in [3.8, 4) is 11.5 Å². The molecule has 0 spiro atoms. The summed E-state index contributed by atoms with van der Waals surface area (Å²) in [6, 6.07) is 2.35. The Kier molecular flexibility index (Phi) is 4.14. The van der Waals surface area contributed by atoms with E-state index in [1.807, 2.05) is 0 Å². The van der Waals surface area contributed by atoms with E-state index < -0.39 is 17.9 Å². The number of hydrogen-bond acceptors (Lipinski definition) is 4. The summed E-state index contributed by atoms with van der Waals surface area (Å²) >= 11 is 0. The fraction of sp³-hybridized carbons (Fsp3) is 0.333. The van der Waals surface area contributed by atoms with Gasteiger partial charge in [-0.2, -0.15) is 0 Å². The standard InChI is InChI=1S/C12H15NO5/c1-6(2)10(12(17)18)13-11(16)7-3-8(14)5-9(15)4-7/h3-6,10,14-15H,1-2H3,(H,13,16)(H,17,18)/t10-/m0/s1. The largest absolute Gasteiger partial charge is 0.508 e. The first-order valence-electron chi connectivity index (χ1n) is 5.38. The van der Waals surface area contributed by atoms with E-state index in [2.05, 4.69) is 5.32 Å². The molecule has 6 nitrogen and oxygen atoms in total. The minimum atomic E-state index is -1.14. The Morgan fingerprint density at radius 3 is 2.00 bits per heavy atom. The maximum Gasteiger partial charge on any atom is 0.326 e. The Morgan fingerprint density at radius 1 is 1.11 bits per heavy atom. The maximum atomic E-state index is 11.8. The Morgan fingerprint density at radius 2 is 1.61 bits per heavy atom. The van der Waals surface area contributed by atoms with Gasteiger partial charge in [-0.1, -0.05) is 13.8 Å². The van der Waals surface area contributed by atoms with Crippen LogP contribution >= 0.6 is 0 Å². The first-order valence-corrected chi connectivity index (χ1v) is 5.38. The number of phenols is 2. The number of amides is 1. The highest BCUT2D eigenvalue weighted by Gasteiger charge is 2.24. The van der Waals surface area contributed by atoms with Crippen molar-refractivity contribution in [3.63, 3.8) is 0 Å². The molecule has 0 aliphatic heterocycles. The number of carboxylic acid groups (broad SMARTS) is 1. The minimum absolute atomic E-state index is 0.000556. The van der Waals surface area contributed by atoms with Crippen LogP contribution in [-0.2, 0) is 4.79 Å². The average molecular weight is 253 g/mol. The van der Waals surface area contributed by atoms with Crippen molar-refractivity contribution in [1.29, 1.82) is 0 Å². The van der Waals surface area contributed by atoms with Crippen molar-refractivity contribution in [1.82, 2.24) is 5.32 Å². The van der Waals surface area contributed by atoms with Crippen LogP contribution in [0.15, 0.2) is 18.2 Å². The van der Waals surface area contributed by atoms with Crippen LogP contribution in [0.4, 0.5) is 0 Å². The number of aromatic hydroxyl groups is 2. The highest BCUT2D eigenvalue weighted by molar-refractivity contribution is 5.97. The van der Waals surface area contributed by atoms with Crippen LogP contribution in [0.3, 0.4) is 0 Å². The molecule has 0 saturated carbocycles. The molecule has 0 aliphatic rings. The van der Waals surface area contributed by atoms with Gasteiger partial charge in [0.25, 0.3) is 5.91 Å². The third-order valence-electron chi connectivity index (χ3n) is 2.38. The molecule has 98 valence electrons. The molecule has 0 heterocycles. The number of rotatable bonds is 4. The van der Waals surface area contributed by atoms with Gasteiger partial charge in [-0.05, 0) is 18.1 Å². The fourth-order valence-electron chi connectivity index (χ4n) is 1.46. The summed E-state index contributed by atoms with van der Waals surface area (Å²) in [7, 11) is 0. The molecule has 1 aromatic carbocycles. The lowest BCUT2D eigenvalue weighted by Crippen LogP contribution is -2.44. The molecule has 6 heteroatoms. The Labute approximate surface area is 104 Å². The van der Waals surface area contributed by atoms with Gasteiger partial charge in [-0.3, -0.25) is 4.79 Å². The van der Waals surface area contributed by atoms with Gasteiger partial charge in [-0.15, -0.1) is 0 Å². The van der Waals surface area contributed by atoms with Crippen LogP contribution in [-0.4, -0.2) is 33.2 Å². The van der Waals surface area contributed by atoms with E-state index in [9.17, 15) is 19.8 Å². The van der Waals surface area contributed by atoms with Crippen molar-refractivity contribution >= 4 is 11.9 Å². The molecule has 0 fully saturated rings. The number of phenolic OH excluding ortho intramolecular Hbond substituents is 2. The van der Waals surface area contributed by atoms with Crippen molar-refractivity contribution < 1.29 is 24.9 Å². The molecular formula is C12H15NO5. The first-order chi connectivity index (χ1) is 8.31. The predicted octanol–water partition coefficient (Wildman–Crippen LogP) is 0.937. The van der Waals surface area contributed by atoms with Crippen molar-refractivity contribution in [3.05, 3.63) is 23.8 Å². The molecule has 0 radical (unpaired) electrons. The van der Waals surface area contributed by atoms with E-state index in [1.165, 1.54) is 0 Å². The molecule has 1 amide bonds. The van der Waals surface area contributed by atoms with E-state index in [4.69, 9.17) is 5.11 Å². The third-order valence-corrected chi connectivity index (χ3v) is 2.38. The van der Waals surface area contributed by atoms with Crippen molar-refractivity contribution in [2.24, 2.45) is 5.92 Å². The van der Waals surface area contributed by atoms with E-state index in [1.54, 1.807) is 13.8 Å². The van der Waals surface area contributed by atoms with Gasteiger partial charge in [0.15, 0.2) is 0 Å². The summed E-state index contributed by atoms with van der Waals surface area (Å²) < 4.78 is 0. The molecule has 4 N–H and O–H groups in total. The molecule has 0 unspecified atom stereocenters. The summed E-state index contributed by atoms with van der Waals surface area (Å²) in [5.41, 5.74) is -0.000556. The van der Waals surface area contributed by atoms with Gasteiger partial charge in [0, 0.05) is 11.6 Å².